The number of hydroxylamine groups is 1. The van der Waals surface area contributed by atoms with Crippen LogP contribution in [0.2, 0.25) is 0 Å². The number of allylic oxidation sites excluding steroid dienone is 1. The average Bonchev–Trinajstić information content (AvgIpc) is 2.50. The van der Waals surface area contributed by atoms with E-state index in [2.05, 4.69) is 12.1 Å². The van der Waals surface area contributed by atoms with Gasteiger partial charge in [-0.2, -0.15) is 13.2 Å². The fraction of sp³-hybridized carbons (Fsp3) is 0.529. The summed E-state index contributed by atoms with van der Waals surface area (Å²) in [6, 6.07) is 3.67. The van der Waals surface area contributed by atoms with Crippen LogP contribution in [0.25, 0.3) is 0 Å². The molecule has 0 saturated heterocycles. The zero-order valence-corrected chi connectivity index (χ0v) is 14.4. The van der Waals surface area contributed by atoms with E-state index in [-0.39, 0.29) is 30.3 Å². The summed E-state index contributed by atoms with van der Waals surface area (Å²) in [5.74, 6) is -0.0953. The molecule has 4 nitrogen and oxygen atoms in total. The van der Waals surface area contributed by atoms with Gasteiger partial charge in [-0.15, -0.1) is 0 Å². The first-order valence-electron chi connectivity index (χ1n) is 7.71. The van der Waals surface area contributed by atoms with Gasteiger partial charge >= 0.3 is 6.18 Å². The van der Waals surface area contributed by atoms with Gasteiger partial charge < -0.3 is 9.47 Å². The first-order valence-corrected chi connectivity index (χ1v) is 7.71. The molecule has 1 N–H and O–H groups in total. The van der Waals surface area contributed by atoms with Crippen molar-refractivity contribution in [1.29, 1.82) is 0 Å². The Morgan fingerprint density at radius 3 is 2.46 bits per heavy atom. The highest BCUT2D eigenvalue weighted by atomic mass is 19.4. The number of hydrogen-bond donors (Lipinski definition) is 1. The van der Waals surface area contributed by atoms with Gasteiger partial charge in [0.25, 0.3) is 0 Å². The van der Waals surface area contributed by atoms with Crippen LogP contribution in [0.5, 0.6) is 11.5 Å². The van der Waals surface area contributed by atoms with E-state index in [0.717, 1.165) is 6.07 Å². The van der Waals surface area contributed by atoms with Crippen LogP contribution in [0.3, 0.4) is 0 Å². The molecule has 1 aromatic carbocycles. The van der Waals surface area contributed by atoms with Crippen LogP contribution in [-0.2, 0) is 11.0 Å². The molecule has 0 heterocycles. The van der Waals surface area contributed by atoms with Gasteiger partial charge in [-0.3, -0.25) is 10.3 Å². The maximum atomic E-state index is 13.2. The second-order valence-corrected chi connectivity index (χ2v) is 5.61. The van der Waals surface area contributed by atoms with Crippen LogP contribution in [0.1, 0.15) is 39.7 Å². The lowest BCUT2D eigenvalue weighted by molar-refractivity contribution is -0.139. The molecule has 0 fully saturated rings. The number of alkyl halides is 3. The van der Waals surface area contributed by atoms with Crippen molar-refractivity contribution in [2.24, 2.45) is 0 Å². The molecule has 7 heteroatoms. The molecule has 0 aliphatic heterocycles. The fourth-order valence-electron chi connectivity index (χ4n) is 1.67. The molecule has 2 atom stereocenters. The lowest BCUT2D eigenvalue weighted by Gasteiger charge is -2.19. The summed E-state index contributed by atoms with van der Waals surface area (Å²) in [4.78, 5) is 5.19. The van der Waals surface area contributed by atoms with Crippen LogP contribution < -0.4 is 15.0 Å². The molecule has 0 aromatic heterocycles. The van der Waals surface area contributed by atoms with Crippen molar-refractivity contribution in [2.45, 2.75) is 52.5 Å². The number of benzene rings is 1. The van der Waals surface area contributed by atoms with Crippen molar-refractivity contribution >= 4 is 0 Å². The Labute approximate surface area is 140 Å². The van der Waals surface area contributed by atoms with E-state index in [9.17, 15) is 13.2 Å². The van der Waals surface area contributed by atoms with E-state index >= 15 is 0 Å². The molecule has 1 rings (SSSR count). The molecule has 0 aliphatic rings. The van der Waals surface area contributed by atoms with E-state index < -0.39 is 11.7 Å². The van der Waals surface area contributed by atoms with Crippen LogP contribution in [0.15, 0.2) is 30.5 Å². The van der Waals surface area contributed by atoms with Crippen molar-refractivity contribution in [1.82, 2.24) is 5.48 Å². The number of hydrogen-bond acceptors (Lipinski definition) is 4. The van der Waals surface area contributed by atoms with Crippen molar-refractivity contribution in [2.75, 3.05) is 6.61 Å². The lowest BCUT2D eigenvalue weighted by Crippen LogP contribution is -2.25. The van der Waals surface area contributed by atoms with Crippen LogP contribution in [0.4, 0.5) is 13.2 Å². The summed E-state index contributed by atoms with van der Waals surface area (Å²) < 4.78 is 50.4. The zero-order chi connectivity index (χ0) is 18.3. The largest absolute Gasteiger partial charge is 0.491 e. The minimum absolute atomic E-state index is 0.0865. The minimum Gasteiger partial charge on any atom is -0.491 e. The Hall–Kier alpha value is -1.89. The Bertz CT molecular complexity index is 546. The van der Waals surface area contributed by atoms with Gasteiger partial charge in [-0.1, -0.05) is 13.5 Å². The third-order valence-electron chi connectivity index (χ3n) is 3.08. The predicted octanol–water partition coefficient (Wildman–Crippen LogP) is 4.70. The van der Waals surface area contributed by atoms with Gasteiger partial charge in [-0.05, 0) is 45.4 Å². The normalized spacial score (nSPS) is 14.0. The Balaban J connectivity index is 2.81. The Morgan fingerprint density at radius 1 is 1.25 bits per heavy atom. The minimum atomic E-state index is -4.52. The molecule has 0 bridgehead atoms. The van der Waals surface area contributed by atoms with E-state index in [1.165, 1.54) is 12.1 Å². The summed E-state index contributed by atoms with van der Waals surface area (Å²) in [5, 5.41) is 0. The van der Waals surface area contributed by atoms with Gasteiger partial charge in [0.2, 0.25) is 0 Å². The summed E-state index contributed by atoms with van der Waals surface area (Å²) in [6.07, 6.45) is -4.59. The van der Waals surface area contributed by atoms with Crippen LogP contribution in [0, 0.1) is 0 Å². The second-order valence-electron chi connectivity index (χ2n) is 5.61. The first kappa shape index (κ1) is 20.2. The first-order chi connectivity index (χ1) is 11.1. The third kappa shape index (κ3) is 6.70. The van der Waals surface area contributed by atoms with Crippen molar-refractivity contribution in [3.8, 4) is 11.5 Å². The molecule has 2 unspecified atom stereocenters. The zero-order valence-electron chi connectivity index (χ0n) is 14.4. The van der Waals surface area contributed by atoms with E-state index in [1.54, 1.807) is 20.8 Å². The fourth-order valence-corrected chi connectivity index (χ4v) is 1.67. The van der Waals surface area contributed by atoms with Crippen molar-refractivity contribution in [3.05, 3.63) is 36.0 Å². The number of rotatable bonds is 9. The van der Waals surface area contributed by atoms with Crippen molar-refractivity contribution in [3.63, 3.8) is 0 Å². The smallest absolute Gasteiger partial charge is 0.420 e. The standard InChI is InChI=1S/C17H24F3NO3/c1-6-12(4)23-16-8-7-14(9-15(16)17(18,19)20)22-10-13(5)24-21-11(2)3/h7-9,12-13,21H,2,6,10H2,1,3-5H3. The summed E-state index contributed by atoms with van der Waals surface area (Å²) in [5.41, 5.74) is 2.35. The highest BCUT2D eigenvalue weighted by Crippen LogP contribution is 2.39. The monoisotopic (exact) mass is 347 g/mol. The van der Waals surface area contributed by atoms with Gasteiger partial charge in [0.05, 0.1) is 6.10 Å². The molecule has 0 amide bonds. The molecule has 0 saturated carbocycles. The van der Waals surface area contributed by atoms with E-state index in [4.69, 9.17) is 14.3 Å². The third-order valence-corrected chi connectivity index (χ3v) is 3.08. The molecule has 0 aliphatic carbocycles. The summed E-state index contributed by atoms with van der Waals surface area (Å²) >= 11 is 0. The SMILES string of the molecule is C=C(C)NOC(C)COc1ccc(OC(C)CC)c(C(F)(F)F)c1. The van der Waals surface area contributed by atoms with Gasteiger partial charge in [-0.25, -0.2) is 0 Å². The molecule has 0 spiro atoms. The highest BCUT2D eigenvalue weighted by Gasteiger charge is 2.35. The summed E-state index contributed by atoms with van der Waals surface area (Å²) in [6.45, 7) is 10.7. The number of ether oxygens (including phenoxy) is 2. The summed E-state index contributed by atoms with van der Waals surface area (Å²) in [7, 11) is 0. The maximum absolute atomic E-state index is 13.2. The maximum Gasteiger partial charge on any atom is 0.420 e. The van der Waals surface area contributed by atoms with E-state index in [1.807, 2.05) is 6.92 Å². The molecule has 0 radical (unpaired) electrons. The van der Waals surface area contributed by atoms with Gasteiger partial charge in [0.1, 0.15) is 29.8 Å². The topological polar surface area (TPSA) is 39.7 Å². The molecular formula is C17H24F3NO3. The van der Waals surface area contributed by atoms with E-state index in [0.29, 0.717) is 12.1 Å². The molecule has 136 valence electrons. The van der Waals surface area contributed by atoms with Crippen LogP contribution in [-0.4, -0.2) is 18.8 Å². The molecular weight excluding hydrogens is 323 g/mol. The van der Waals surface area contributed by atoms with Crippen molar-refractivity contribution < 1.29 is 27.5 Å². The second kappa shape index (κ2) is 8.82. The quantitative estimate of drug-likeness (QED) is 0.657. The number of nitrogens with one attached hydrogen (secondary N) is 1. The van der Waals surface area contributed by atoms with Gasteiger partial charge in [0, 0.05) is 5.70 Å². The highest BCUT2D eigenvalue weighted by molar-refractivity contribution is 5.42. The molecule has 24 heavy (non-hydrogen) atoms. The number of halogens is 3. The molecule has 1 aromatic rings. The Kier molecular flexibility index (Phi) is 7.41. The predicted molar refractivity (Wildman–Crippen MR) is 85.8 cm³/mol. The Morgan fingerprint density at radius 2 is 1.92 bits per heavy atom. The lowest BCUT2D eigenvalue weighted by atomic mass is 10.1. The average molecular weight is 347 g/mol. The van der Waals surface area contributed by atoms with Crippen LogP contribution >= 0.6 is 0 Å². The van der Waals surface area contributed by atoms with Gasteiger partial charge in [0.15, 0.2) is 0 Å².